The van der Waals surface area contributed by atoms with E-state index in [0.29, 0.717) is 30.2 Å². The topological polar surface area (TPSA) is 51.0 Å². The summed E-state index contributed by atoms with van der Waals surface area (Å²) in [5, 5.41) is 7.47. The molecule has 0 aliphatic rings. The third kappa shape index (κ3) is 3.67. The Morgan fingerprint density at radius 1 is 1.30 bits per heavy atom. The molecule has 1 heterocycles. The number of nitrogens with one attached hydrogen (secondary N) is 1. The third-order valence-corrected chi connectivity index (χ3v) is 3.82. The van der Waals surface area contributed by atoms with Gasteiger partial charge in [0.1, 0.15) is 0 Å². The van der Waals surface area contributed by atoms with E-state index in [-0.39, 0.29) is 0 Å². The van der Waals surface area contributed by atoms with E-state index in [1.807, 2.05) is 12.1 Å². The fourth-order valence-corrected chi connectivity index (χ4v) is 2.03. The number of hydrogen-bond acceptors (Lipinski definition) is 4. The van der Waals surface area contributed by atoms with Gasteiger partial charge < -0.3 is 9.84 Å². The summed E-state index contributed by atoms with van der Waals surface area (Å²) in [6.45, 7) is 9.30. The molecule has 0 unspecified atom stereocenters. The van der Waals surface area contributed by atoms with Crippen molar-refractivity contribution < 1.29 is 4.52 Å². The average Bonchev–Trinajstić information content (AvgIpc) is 2.92. The van der Waals surface area contributed by atoms with Crippen LogP contribution in [-0.4, -0.2) is 16.2 Å². The second-order valence-corrected chi connectivity index (χ2v) is 5.44. The average molecular weight is 273 g/mol. The zero-order chi connectivity index (χ0) is 14.5. The van der Waals surface area contributed by atoms with Crippen LogP contribution in [0.1, 0.15) is 38.6 Å². The first-order valence-electron chi connectivity index (χ1n) is 7.23. The maximum atomic E-state index is 5.30. The number of nitrogens with zero attached hydrogens (tertiary/aromatic N) is 2. The lowest BCUT2D eigenvalue weighted by molar-refractivity contribution is 0.333. The Hall–Kier alpha value is -1.68. The minimum Gasteiger partial charge on any atom is -0.338 e. The third-order valence-electron chi connectivity index (χ3n) is 3.82. The Labute approximate surface area is 120 Å². The van der Waals surface area contributed by atoms with Gasteiger partial charge in [-0.25, -0.2) is 0 Å². The Kier molecular flexibility index (Phi) is 4.90. The van der Waals surface area contributed by atoms with Gasteiger partial charge in [-0.1, -0.05) is 49.2 Å². The molecular formula is C16H23N3O. The number of rotatable bonds is 6. The molecule has 0 saturated heterocycles. The number of aromatic nitrogens is 2. The summed E-state index contributed by atoms with van der Waals surface area (Å²) in [6, 6.07) is 8.55. The Bertz CT molecular complexity index is 550. The summed E-state index contributed by atoms with van der Waals surface area (Å²) in [6.07, 6.45) is 1.16. The van der Waals surface area contributed by atoms with Crippen LogP contribution in [0.4, 0.5) is 0 Å². The molecule has 0 aliphatic carbocycles. The Morgan fingerprint density at radius 3 is 2.80 bits per heavy atom. The number of aryl methyl sites for hydroxylation is 1. The van der Waals surface area contributed by atoms with Crippen LogP contribution in [0.15, 0.2) is 28.8 Å². The van der Waals surface area contributed by atoms with Crippen LogP contribution in [0.3, 0.4) is 0 Å². The lowest BCUT2D eigenvalue weighted by Gasteiger charge is -2.18. The Balaban J connectivity index is 1.99. The summed E-state index contributed by atoms with van der Waals surface area (Å²) in [5.74, 6) is 1.92. The van der Waals surface area contributed by atoms with E-state index >= 15 is 0 Å². The monoisotopic (exact) mass is 273 g/mol. The quantitative estimate of drug-likeness (QED) is 0.874. The molecule has 1 N–H and O–H groups in total. The molecule has 108 valence electrons. The van der Waals surface area contributed by atoms with Crippen molar-refractivity contribution in [3.8, 4) is 11.4 Å². The van der Waals surface area contributed by atoms with Crippen molar-refractivity contribution in [2.24, 2.45) is 5.92 Å². The van der Waals surface area contributed by atoms with Crippen LogP contribution < -0.4 is 5.32 Å². The van der Waals surface area contributed by atoms with Gasteiger partial charge in [0.25, 0.3) is 0 Å². The van der Waals surface area contributed by atoms with Crippen LogP contribution in [0.2, 0.25) is 0 Å². The van der Waals surface area contributed by atoms with Gasteiger partial charge in [0.2, 0.25) is 11.7 Å². The minimum atomic E-state index is 0.439. The smallest absolute Gasteiger partial charge is 0.240 e. The van der Waals surface area contributed by atoms with Gasteiger partial charge >= 0.3 is 0 Å². The highest BCUT2D eigenvalue weighted by Gasteiger charge is 2.12. The highest BCUT2D eigenvalue weighted by atomic mass is 16.5. The second kappa shape index (κ2) is 6.66. The molecular weight excluding hydrogens is 250 g/mol. The van der Waals surface area contributed by atoms with Crippen molar-refractivity contribution in [3.63, 3.8) is 0 Å². The zero-order valence-electron chi connectivity index (χ0n) is 12.7. The molecule has 1 aromatic heterocycles. The van der Waals surface area contributed by atoms with Gasteiger partial charge in [0.15, 0.2) is 0 Å². The fraction of sp³-hybridized carbons (Fsp3) is 0.500. The van der Waals surface area contributed by atoms with Gasteiger partial charge in [-0.15, -0.1) is 0 Å². The molecule has 0 aliphatic heterocycles. The van der Waals surface area contributed by atoms with Crippen LogP contribution in [0.25, 0.3) is 11.4 Å². The van der Waals surface area contributed by atoms with Gasteiger partial charge in [-0.2, -0.15) is 4.98 Å². The van der Waals surface area contributed by atoms with E-state index < -0.39 is 0 Å². The standard InChI is InChI=1S/C16H23N3O/c1-5-12(3)13(4)17-10-15-18-16(19-20-15)14-8-6-7-11(2)9-14/h6-9,12-13,17H,5,10H2,1-4H3/t12-,13-/m0/s1. The fourth-order valence-electron chi connectivity index (χ4n) is 2.03. The van der Waals surface area contributed by atoms with Gasteiger partial charge in [0, 0.05) is 11.6 Å². The van der Waals surface area contributed by atoms with Crippen LogP contribution in [0, 0.1) is 12.8 Å². The zero-order valence-corrected chi connectivity index (χ0v) is 12.7. The first kappa shape index (κ1) is 14.7. The Morgan fingerprint density at radius 2 is 2.10 bits per heavy atom. The number of benzene rings is 1. The van der Waals surface area contributed by atoms with Crippen molar-refractivity contribution in [2.45, 2.75) is 46.7 Å². The van der Waals surface area contributed by atoms with Crippen molar-refractivity contribution in [1.29, 1.82) is 0 Å². The molecule has 20 heavy (non-hydrogen) atoms. The normalized spacial score (nSPS) is 14.2. The molecule has 2 rings (SSSR count). The summed E-state index contributed by atoms with van der Waals surface area (Å²) in [4.78, 5) is 4.44. The summed E-state index contributed by atoms with van der Waals surface area (Å²) in [7, 11) is 0. The lowest BCUT2D eigenvalue weighted by atomic mass is 10.0. The van der Waals surface area contributed by atoms with Crippen LogP contribution in [-0.2, 0) is 6.54 Å². The molecule has 0 fully saturated rings. The molecule has 0 spiro atoms. The van der Waals surface area contributed by atoms with Crippen molar-refractivity contribution in [3.05, 3.63) is 35.7 Å². The first-order chi connectivity index (χ1) is 9.60. The SMILES string of the molecule is CC[C@H](C)[C@H](C)NCc1nc(-c2cccc(C)c2)no1. The van der Waals surface area contributed by atoms with Crippen LogP contribution >= 0.6 is 0 Å². The molecule has 2 aromatic rings. The minimum absolute atomic E-state index is 0.439. The summed E-state index contributed by atoms with van der Waals surface area (Å²) >= 11 is 0. The molecule has 4 nitrogen and oxygen atoms in total. The van der Waals surface area contributed by atoms with Gasteiger partial charge in [0.05, 0.1) is 6.54 Å². The predicted octanol–water partition coefficient (Wildman–Crippen LogP) is 3.57. The maximum absolute atomic E-state index is 5.30. The summed E-state index contributed by atoms with van der Waals surface area (Å²) in [5.41, 5.74) is 2.19. The molecule has 0 bridgehead atoms. The van der Waals surface area contributed by atoms with E-state index in [2.05, 4.69) is 55.3 Å². The van der Waals surface area contributed by atoms with Crippen molar-refractivity contribution in [1.82, 2.24) is 15.5 Å². The molecule has 1 aromatic carbocycles. The molecule has 0 radical (unpaired) electrons. The molecule has 4 heteroatoms. The highest BCUT2D eigenvalue weighted by molar-refractivity contribution is 5.55. The molecule has 2 atom stereocenters. The van der Waals surface area contributed by atoms with E-state index in [9.17, 15) is 0 Å². The van der Waals surface area contributed by atoms with Crippen molar-refractivity contribution in [2.75, 3.05) is 0 Å². The summed E-state index contributed by atoms with van der Waals surface area (Å²) < 4.78 is 5.30. The largest absolute Gasteiger partial charge is 0.338 e. The predicted molar refractivity (Wildman–Crippen MR) is 80.2 cm³/mol. The van der Waals surface area contributed by atoms with Crippen LogP contribution in [0.5, 0.6) is 0 Å². The van der Waals surface area contributed by atoms with E-state index in [0.717, 1.165) is 12.0 Å². The van der Waals surface area contributed by atoms with Gasteiger partial charge in [-0.05, 0) is 25.8 Å². The maximum Gasteiger partial charge on any atom is 0.240 e. The van der Waals surface area contributed by atoms with E-state index in [1.165, 1.54) is 5.56 Å². The molecule has 0 saturated carbocycles. The lowest BCUT2D eigenvalue weighted by Crippen LogP contribution is -2.31. The highest BCUT2D eigenvalue weighted by Crippen LogP contribution is 2.17. The number of hydrogen-bond donors (Lipinski definition) is 1. The molecule has 0 amide bonds. The first-order valence-corrected chi connectivity index (χ1v) is 7.23. The second-order valence-electron chi connectivity index (χ2n) is 5.44. The van der Waals surface area contributed by atoms with E-state index in [4.69, 9.17) is 4.52 Å². The van der Waals surface area contributed by atoms with Crippen molar-refractivity contribution >= 4 is 0 Å². The van der Waals surface area contributed by atoms with Gasteiger partial charge in [-0.3, -0.25) is 0 Å². The van der Waals surface area contributed by atoms with E-state index in [1.54, 1.807) is 0 Å².